The quantitative estimate of drug-likeness (QED) is 0.433. The average Bonchev–Trinajstić information content (AvgIpc) is 3.43. The van der Waals surface area contributed by atoms with Crippen LogP contribution in [0.5, 0.6) is 0 Å². The van der Waals surface area contributed by atoms with Crippen LogP contribution in [-0.4, -0.2) is 46.0 Å². The second-order valence-corrected chi connectivity index (χ2v) is 8.89. The van der Waals surface area contributed by atoms with Crippen molar-refractivity contribution in [2.75, 3.05) is 26.4 Å². The van der Waals surface area contributed by atoms with Crippen molar-refractivity contribution in [2.45, 2.75) is 20.0 Å². The average molecular weight is 459 g/mol. The number of likely N-dealkylation sites (N-methyl/N-ethyl adjacent to an activating group) is 1. The van der Waals surface area contributed by atoms with Crippen LogP contribution in [0.25, 0.3) is 11.0 Å². The van der Waals surface area contributed by atoms with Gasteiger partial charge in [0.2, 0.25) is 0 Å². The van der Waals surface area contributed by atoms with E-state index >= 15 is 0 Å². The zero-order valence-corrected chi connectivity index (χ0v) is 19.7. The molecule has 8 heteroatoms. The molecule has 7 nitrogen and oxygen atoms in total. The topological polar surface area (TPSA) is 89.1 Å². The van der Waals surface area contributed by atoms with Gasteiger partial charge in [-0.1, -0.05) is 17.9 Å². The maximum Gasteiger partial charge on any atom is 0.252 e. The number of aryl methyl sites for hydroxylation is 1. The number of nitrogens with zero attached hydrogens (tertiary/aromatic N) is 4. The van der Waals surface area contributed by atoms with Gasteiger partial charge in [-0.25, -0.2) is 9.97 Å². The number of amides is 1. The van der Waals surface area contributed by atoms with Gasteiger partial charge in [-0.3, -0.25) is 4.79 Å². The molecule has 4 rings (SSSR count). The first-order valence-electron chi connectivity index (χ1n) is 10.6. The zero-order chi connectivity index (χ0) is 23.4. The lowest BCUT2D eigenvalue weighted by Gasteiger charge is -2.10. The highest BCUT2D eigenvalue weighted by Crippen LogP contribution is 2.23. The summed E-state index contributed by atoms with van der Waals surface area (Å²) >= 11 is 1.61. The second-order valence-electron chi connectivity index (χ2n) is 8.11. The van der Waals surface area contributed by atoms with Crippen molar-refractivity contribution in [3.05, 3.63) is 75.4 Å². The van der Waals surface area contributed by atoms with E-state index in [4.69, 9.17) is 5.73 Å². The van der Waals surface area contributed by atoms with Crippen LogP contribution in [0.15, 0.2) is 47.5 Å². The van der Waals surface area contributed by atoms with E-state index in [1.165, 1.54) is 6.33 Å². The van der Waals surface area contributed by atoms with E-state index in [0.29, 0.717) is 23.5 Å². The van der Waals surface area contributed by atoms with E-state index < -0.39 is 0 Å². The van der Waals surface area contributed by atoms with Crippen molar-refractivity contribution in [3.8, 4) is 11.8 Å². The first kappa shape index (κ1) is 22.5. The highest BCUT2D eigenvalue weighted by atomic mass is 32.1. The molecule has 1 amide bonds. The number of nitrogen functional groups attached to an aromatic ring is 1. The molecule has 3 aromatic heterocycles. The van der Waals surface area contributed by atoms with E-state index in [0.717, 1.165) is 40.8 Å². The van der Waals surface area contributed by atoms with E-state index in [1.54, 1.807) is 11.3 Å². The fourth-order valence-corrected chi connectivity index (χ4v) is 4.15. The van der Waals surface area contributed by atoms with Crippen molar-refractivity contribution in [1.82, 2.24) is 24.8 Å². The molecule has 4 aromatic rings. The maximum atomic E-state index is 12.9. The van der Waals surface area contributed by atoms with Gasteiger partial charge in [0.05, 0.1) is 16.5 Å². The van der Waals surface area contributed by atoms with Crippen molar-refractivity contribution in [3.63, 3.8) is 0 Å². The summed E-state index contributed by atoms with van der Waals surface area (Å²) in [4.78, 5) is 23.6. The molecule has 0 fully saturated rings. The summed E-state index contributed by atoms with van der Waals surface area (Å²) in [6, 6.07) is 7.67. The smallest absolute Gasteiger partial charge is 0.252 e. The maximum absolute atomic E-state index is 12.9. The Labute approximate surface area is 197 Å². The Hall–Kier alpha value is -3.67. The molecular formula is C25H26N6OS. The molecule has 3 heterocycles. The van der Waals surface area contributed by atoms with Crippen LogP contribution in [0, 0.1) is 18.8 Å². The van der Waals surface area contributed by atoms with E-state index in [-0.39, 0.29) is 5.91 Å². The van der Waals surface area contributed by atoms with Gasteiger partial charge < -0.3 is 20.5 Å². The number of hydrogen-bond acceptors (Lipinski definition) is 6. The monoisotopic (exact) mass is 458 g/mol. The van der Waals surface area contributed by atoms with Crippen molar-refractivity contribution in [2.24, 2.45) is 0 Å². The highest BCUT2D eigenvalue weighted by molar-refractivity contribution is 7.07. The molecular weight excluding hydrogens is 432 g/mol. The van der Waals surface area contributed by atoms with E-state index in [2.05, 4.69) is 32.0 Å². The molecule has 0 aliphatic carbocycles. The predicted molar refractivity (Wildman–Crippen MR) is 133 cm³/mol. The Morgan fingerprint density at radius 1 is 1.21 bits per heavy atom. The Morgan fingerprint density at radius 3 is 2.79 bits per heavy atom. The zero-order valence-electron chi connectivity index (χ0n) is 18.9. The SMILES string of the molecule is Cc1ccc(C(=O)NCc2ccsc2)c(C#Cc2cn(CCN(C)C)c3ncnc(N)c23)c1. The Kier molecular flexibility index (Phi) is 6.73. The summed E-state index contributed by atoms with van der Waals surface area (Å²) in [5.74, 6) is 6.66. The Balaban J connectivity index is 1.68. The van der Waals surface area contributed by atoms with Crippen LogP contribution >= 0.6 is 11.3 Å². The lowest BCUT2D eigenvalue weighted by Crippen LogP contribution is -2.23. The molecule has 0 saturated heterocycles. The minimum absolute atomic E-state index is 0.151. The summed E-state index contributed by atoms with van der Waals surface area (Å²) < 4.78 is 2.04. The Bertz CT molecular complexity index is 1340. The third-order valence-corrected chi connectivity index (χ3v) is 5.99. The third-order valence-electron chi connectivity index (χ3n) is 5.26. The molecule has 0 spiro atoms. The number of carbonyl (C=O) groups excluding carboxylic acids is 1. The molecule has 0 aliphatic rings. The summed E-state index contributed by atoms with van der Waals surface area (Å²) in [5, 5.41) is 7.73. The fourth-order valence-electron chi connectivity index (χ4n) is 3.49. The van der Waals surface area contributed by atoms with Crippen LogP contribution in [0.1, 0.15) is 32.6 Å². The van der Waals surface area contributed by atoms with Gasteiger partial charge in [-0.05, 0) is 61.1 Å². The molecule has 0 aliphatic heterocycles. The first-order valence-corrected chi connectivity index (χ1v) is 11.5. The summed E-state index contributed by atoms with van der Waals surface area (Å²) in [6.45, 7) is 4.07. The van der Waals surface area contributed by atoms with Gasteiger partial charge in [-0.2, -0.15) is 11.3 Å². The van der Waals surface area contributed by atoms with Crippen molar-refractivity contribution in [1.29, 1.82) is 0 Å². The molecule has 0 atom stereocenters. The van der Waals surface area contributed by atoms with Gasteiger partial charge in [0.15, 0.2) is 0 Å². The molecule has 0 bridgehead atoms. The number of anilines is 1. The van der Waals surface area contributed by atoms with Crippen molar-refractivity contribution >= 4 is 34.1 Å². The lowest BCUT2D eigenvalue weighted by atomic mass is 10.0. The van der Waals surface area contributed by atoms with Crippen LogP contribution < -0.4 is 11.1 Å². The third kappa shape index (κ3) is 5.22. The van der Waals surface area contributed by atoms with Gasteiger partial charge in [0.1, 0.15) is 17.8 Å². The molecule has 0 radical (unpaired) electrons. The van der Waals surface area contributed by atoms with E-state index in [9.17, 15) is 4.79 Å². The number of aromatic nitrogens is 3. The first-order chi connectivity index (χ1) is 15.9. The number of rotatable bonds is 6. The number of fused-ring (bicyclic) bond motifs is 1. The Morgan fingerprint density at radius 2 is 2.03 bits per heavy atom. The van der Waals surface area contributed by atoms with Gasteiger partial charge in [0.25, 0.3) is 5.91 Å². The number of nitrogens with two attached hydrogens (primary N) is 1. The minimum atomic E-state index is -0.151. The highest BCUT2D eigenvalue weighted by Gasteiger charge is 2.14. The lowest BCUT2D eigenvalue weighted by molar-refractivity contribution is 0.0950. The van der Waals surface area contributed by atoms with E-state index in [1.807, 2.05) is 66.8 Å². The van der Waals surface area contributed by atoms with Crippen molar-refractivity contribution < 1.29 is 4.79 Å². The van der Waals surface area contributed by atoms with Crippen LogP contribution in [-0.2, 0) is 13.1 Å². The van der Waals surface area contributed by atoms with Gasteiger partial charge in [-0.15, -0.1) is 0 Å². The molecule has 0 saturated carbocycles. The molecule has 33 heavy (non-hydrogen) atoms. The predicted octanol–water partition coefficient (Wildman–Crippen LogP) is 3.27. The van der Waals surface area contributed by atoms with Gasteiger partial charge in [0, 0.05) is 31.4 Å². The number of hydrogen-bond donors (Lipinski definition) is 2. The summed E-state index contributed by atoms with van der Waals surface area (Å²) in [6.07, 6.45) is 3.43. The summed E-state index contributed by atoms with van der Waals surface area (Å²) in [7, 11) is 4.05. The minimum Gasteiger partial charge on any atom is -0.383 e. The van der Waals surface area contributed by atoms with Gasteiger partial charge >= 0.3 is 0 Å². The van der Waals surface area contributed by atoms with Crippen LogP contribution in [0.3, 0.4) is 0 Å². The molecule has 3 N–H and O–H groups in total. The number of thiophene rings is 1. The fraction of sp³-hybridized carbons (Fsp3) is 0.240. The summed E-state index contributed by atoms with van der Waals surface area (Å²) in [5.41, 5.74) is 11.0. The molecule has 0 unspecified atom stereocenters. The normalized spacial score (nSPS) is 10.9. The number of carbonyl (C=O) groups is 1. The second kappa shape index (κ2) is 9.86. The number of benzene rings is 1. The molecule has 1 aromatic carbocycles. The van der Waals surface area contributed by atoms with Crippen LogP contribution in [0.2, 0.25) is 0 Å². The standard InChI is InChI=1S/C25H26N6OS/c1-17-4-7-21(25(32)27-13-18-8-11-33-15-18)19(12-17)5-6-20-14-31(10-9-30(2)3)24-22(20)23(26)28-16-29-24/h4,7-8,11-12,14-16H,9-10,13H2,1-3H3,(H,27,32)(H2,26,28,29). The number of nitrogens with one attached hydrogen (secondary N) is 1. The van der Waals surface area contributed by atoms with Crippen LogP contribution in [0.4, 0.5) is 5.82 Å². The largest absolute Gasteiger partial charge is 0.383 e. The molecule has 168 valence electrons.